The molecule has 2 fully saturated rings. The number of nitrogens with zero attached hydrogens (tertiary/aromatic N) is 2. The first kappa shape index (κ1) is 38.4. The molecule has 1 N–H and O–H groups in total. The number of fused-ring (bicyclic) bond motifs is 4. The lowest BCUT2D eigenvalue weighted by Crippen LogP contribution is -2.50. The number of rotatable bonds is 5. The maximum Gasteiger partial charge on any atom is 0.390 e. The number of hydrogen-bond donors (Lipinski definition) is 1. The van der Waals surface area contributed by atoms with Gasteiger partial charge in [-0.15, -0.1) is 0 Å². The summed E-state index contributed by atoms with van der Waals surface area (Å²) in [4.78, 5) is 18.2. The minimum absolute atomic E-state index is 0.0348. The molecule has 6 atom stereocenters. The minimum Gasteiger partial charge on any atom is -0.490 e. The molecule has 290 valence electrons. The Morgan fingerprint density at radius 1 is 1.11 bits per heavy atom. The van der Waals surface area contributed by atoms with Crippen LogP contribution in [0.2, 0.25) is 5.02 Å². The van der Waals surface area contributed by atoms with E-state index in [0.717, 1.165) is 51.7 Å². The number of alkyl halides is 3. The van der Waals surface area contributed by atoms with Crippen molar-refractivity contribution in [2.24, 2.45) is 17.8 Å². The zero-order valence-corrected chi connectivity index (χ0v) is 31.7. The molecule has 3 heterocycles. The minimum atomic E-state index is -4.76. The van der Waals surface area contributed by atoms with Gasteiger partial charge in [0, 0.05) is 48.7 Å². The Kier molecular flexibility index (Phi) is 11.4. The van der Waals surface area contributed by atoms with Crippen LogP contribution in [0, 0.1) is 17.8 Å². The second kappa shape index (κ2) is 15.7. The topological polar surface area (TPSA) is 97.4 Å². The largest absolute Gasteiger partial charge is 0.490 e. The average Bonchev–Trinajstić information content (AvgIpc) is 3.25. The van der Waals surface area contributed by atoms with Crippen LogP contribution in [0.3, 0.4) is 0 Å². The van der Waals surface area contributed by atoms with Gasteiger partial charge < -0.3 is 19.1 Å². The number of allylic oxidation sites excluding steroid dienone is 1. The predicted molar refractivity (Wildman–Crippen MR) is 197 cm³/mol. The lowest BCUT2D eigenvalue weighted by Gasteiger charge is -2.46. The second-order valence-corrected chi connectivity index (χ2v) is 17.9. The van der Waals surface area contributed by atoms with Gasteiger partial charge in [-0.2, -0.15) is 13.2 Å². The number of morpholine rings is 1. The van der Waals surface area contributed by atoms with Gasteiger partial charge in [-0.25, -0.2) is 13.1 Å². The molecule has 1 unspecified atom stereocenters. The van der Waals surface area contributed by atoms with Gasteiger partial charge in [-0.1, -0.05) is 36.7 Å². The molecule has 5 aliphatic rings. The molecule has 0 aromatic heterocycles. The van der Waals surface area contributed by atoms with Crippen molar-refractivity contribution in [3.05, 3.63) is 70.3 Å². The number of halogens is 4. The predicted octanol–water partition coefficient (Wildman–Crippen LogP) is 6.53. The number of aryl methyl sites for hydroxylation is 1. The van der Waals surface area contributed by atoms with Crippen LogP contribution in [0.15, 0.2) is 48.6 Å². The monoisotopic (exact) mass is 779 g/mol. The van der Waals surface area contributed by atoms with E-state index in [1.165, 1.54) is 24.1 Å². The van der Waals surface area contributed by atoms with Crippen LogP contribution in [0.25, 0.3) is 0 Å². The summed E-state index contributed by atoms with van der Waals surface area (Å²) in [6.07, 6.45) is 1.79. The molecule has 3 aliphatic heterocycles. The molecule has 1 spiro atoms. The number of benzene rings is 2. The summed E-state index contributed by atoms with van der Waals surface area (Å²) in [6, 6.07) is 10.8. The van der Waals surface area contributed by atoms with Crippen LogP contribution in [-0.2, 0) is 31.3 Å². The summed E-state index contributed by atoms with van der Waals surface area (Å²) in [7, 11) is -4.74. The molecular weight excluding hydrogens is 731 g/mol. The number of nitrogens with one attached hydrogen (secondary N) is 1. The Morgan fingerprint density at radius 3 is 2.68 bits per heavy atom. The summed E-state index contributed by atoms with van der Waals surface area (Å²) < 4.78 is 89.4. The van der Waals surface area contributed by atoms with Gasteiger partial charge in [0.05, 0.1) is 49.9 Å². The Hall–Kier alpha value is -2.84. The van der Waals surface area contributed by atoms with E-state index >= 15 is 0 Å². The first-order valence-corrected chi connectivity index (χ1v) is 20.7. The van der Waals surface area contributed by atoms with E-state index in [-0.39, 0.29) is 35.3 Å². The highest BCUT2D eigenvalue weighted by molar-refractivity contribution is 7.90. The molecule has 2 aliphatic carbocycles. The molecule has 9 nitrogen and oxygen atoms in total. The first-order chi connectivity index (χ1) is 25.3. The molecule has 2 aromatic carbocycles. The molecule has 14 heteroatoms. The Balaban J connectivity index is 1.25. The van der Waals surface area contributed by atoms with E-state index in [0.29, 0.717) is 56.0 Å². The summed E-state index contributed by atoms with van der Waals surface area (Å²) >= 11 is 6.44. The van der Waals surface area contributed by atoms with Crippen LogP contribution >= 0.6 is 11.6 Å². The molecule has 7 rings (SSSR count). The van der Waals surface area contributed by atoms with Crippen LogP contribution in [0.5, 0.6) is 5.75 Å². The van der Waals surface area contributed by atoms with Crippen molar-refractivity contribution in [2.75, 3.05) is 64.1 Å². The average molecular weight is 780 g/mol. The van der Waals surface area contributed by atoms with Gasteiger partial charge >= 0.3 is 6.18 Å². The van der Waals surface area contributed by atoms with E-state index in [1.807, 2.05) is 22.9 Å². The third-order valence-electron chi connectivity index (χ3n) is 12.0. The van der Waals surface area contributed by atoms with Crippen LogP contribution in [0.4, 0.5) is 18.9 Å². The van der Waals surface area contributed by atoms with E-state index < -0.39 is 39.7 Å². The molecule has 1 amide bonds. The first-order valence-electron chi connectivity index (χ1n) is 18.8. The fourth-order valence-corrected chi connectivity index (χ4v) is 10.8. The maximum atomic E-state index is 13.8. The number of anilines is 1. The summed E-state index contributed by atoms with van der Waals surface area (Å²) in [6.45, 7) is 7.39. The van der Waals surface area contributed by atoms with Crippen LogP contribution < -0.4 is 14.4 Å². The van der Waals surface area contributed by atoms with Gasteiger partial charge in [0.25, 0.3) is 5.91 Å². The number of carbonyl (C=O) groups excluding carboxylic acids is 1. The molecule has 2 aromatic rings. The fraction of sp³-hybridized carbons (Fsp3) is 0.615. The zero-order valence-electron chi connectivity index (χ0n) is 30.1. The van der Waals surface area contributed by atoms with Crippen molar-refractivity contribution in [3.63, 3.8) is 0 Å². The zero-order chi connectivity index (χ0) is 37.4. The maximum absolute atomic E-state index is 13.8. The van der Waals surface area contributed by atoms with Crippen molar-refractivity contribution in [2.45, 2.75) is 74.8 Å². The highest BCUT2D eigenvalue weighted by Gasteiger charge is 2.46. The Morgan fingerprint density at radius 2 is 1.92 bits per heavy atom. The number of carbonyl (C=O) groups is 1. The highest BCUT2D eigenvalue weighted by atomic mass is 35.5. The lowest BCUT2D eigenvalue weighted by molar-refractivity contribution is -0.136. The Labute approximate surface area is 315 Å². The van der Waals surface area contributed by atoms with Crippen LogP contribution in [-0.4, -0.2) is 95.9 Å². The van der Waals surface area contributed by atoms with Crippen LogP contribution in [0.1, 0.15) is 66.9 Å². The van der Waals surface area contributed by atoms with Crippen molar-refractivity contribution >= 4 is 33.2 Å². The molecule has 2 bridgehead atoms. The summed E-state index contributed by atoms with van der Waals surface area (Å²) in [5.41, 5.74) is 2.72. The molecule has 1 saturated heterocycles. The standard InChI is InChI=1S/C39H49ClF3N3O6S/c1-26-4-2-6-34(51-19-16-45-14-17-50-18-15-45)31-10-7-29(31)23-46-24-38(13-3-5-27-20-30(40)9-11-32(27)38)25-52-35-12-8-28(21-33(35)46)37(47)44-53(48,49)36(26)22-39(41,42)43/h2,6,8-9,11-12,20-21,26,29,31,34,36H,3-5,7,10,13-19,22-25H2,1H3,(H,44,47)/b6-2+/t26-,29?,31-,34-,36+,38-/m0/s1. The number of amides is 1. The third-order valence-corrected chi connectivity index (χ3v) is 14.1. The molecular formula is C39H49ClF3N3O6S. The second-order valence-electron chi connectivity index (χ2n) is 15.6. The van der Waals surface area contributed by atoms with Gasteiger partial charge in [-0.05, 0) is 97.7 Å². The summed E-state index contributed by atoms with van der Waals surface area (Å²) in [5.74, 6) is -0.966. The lowest BCUT2D eigenvalue weighted by atomic mass is 9.68. The number of hydrogen-bond acceptors (Lipinski definition) is 8. The number of sulfonamides is 1. The summed E-state index contributed by atoms with van der Waals surface area (Å²) in [5, 5.41) is -1.19. The normalized spacial score (nSPS) is 31.3. The molecule has 1 saturated carbocycles. The van der Waals surface area contributed by atoms with E-state index in [4.69, 9.17) is 25.8 Å². The Bertz CT molecular complexity index is 1790. The van der Waals surface area contributed by atoms with Gasteiger partial charge in [0.2, 0.25) is 10.0 Å². The number of ether oxygens (including phenoxy) is 3. The van der Waals surface area contributed by atoms with Crippen molar-refractivity contribution in [1.29, 1.82) is 0 Å². The highest BCUT2D eigenvalue weighted by Crippen LogP contribution is 2.47. The van der Waals surface area contributed by atoms with Gasteiger partial charge in [0.15, 0.2) is 0 Å². The van der Waals surface area contributed by atoms with E-state index in [2.05, 4.69) is 15.9 Å². The van der Waals surface area contributed by atoms with E-state index in [9.17, 15) is 26.4 Å². The fourth-order valence-electron chi connectivity index (χ4n) is 8.94. The van der Waals surface area contributed by atoms with Crippen molar-refractivity contribution in [3.8, 4) is 5.75 Å². The van der Waals surface area contributed by atoms with E-state index in [1.54, 1.807) is 18.2 Å². The molecule has 53 heavy (non-hydrogen) atoms. The van der Waals surface area contributed by atoms with Gasteiger partial charge in [-0.3, -0.25) is 9.69 Å². The smallest absolute Gasteiger partial charge is 0.390 e. The third kappa shape index (κ3) is 8.69. The van der Waals surface area contributed by atoms with Gasteiger partial charge in [0.1, 0.15) is 5.75 Å². The SMILES string of the molecule is C[C@H]1C/C=C/[C@H](OCCN2CCOCC2)[C@H]2CCC2CN2C[C@@]3(CCCc4cc(Cl)ccc43)COc3ccc(cc32)C(=O)NS(=O)(=O)[C@@H]1CC(F)(F)F. The molecule has 0 radical (unpaired) electrons. The quantitative estimate of drug-likeness (QED) is 0.343. The van der Waals surface area contributed by atoms with Crippen molar-refractivity contribution in [1.82, 2.24) is 9.62 Å². The van der Waals surface area contributed by atoms with Crippen molar-refractivity contribution < 1.29 is 40.6 Å².